The molecule has 1 aromatic carbocycles. The van der Waals surface area contributed by atoms with Crippen molar-refractivity contribution in [1.82, 2.24) is 20.5 Å². The van der Waals surface area contributed by atoms with Gasteiger partial charge >= 0.3 is 0 Å². The number of nitrogens with zero attached hydrogens (tertiary/aromatic N) is 3. The van der Waals surface area contributed by atoms with Crippen molar-refractivity contribution < 1.29 is 4.79 Å². The van der Waals surface area contributed by atoms with Gasteiger partial charge in [-0.05, 0) is 30.5 Å². The van der Waals surface area contributed by atoms with Gasteiger partial charge in [0.25, 0.3) is 5.91 Å². The van der Waals surface area contributed by atoms with Crippen LogP contribution in [0.5, 0.6) is 0 Å². The molecule has 0 aliphatic carbocycles. The summed E-state index contributed by atoms with van der Waals surface area (Å²) in [5.74, 6) is 0.811. The molecule has 0 spiro atoms. The zero-order valence-corrected chi connectivity index (χ0v) is 16.3. The molecule has 1 aromatic heterocycles. The van der Waals surface area contributed by atoms with E-state index < -0.39 is 0 Å². The van der Waals surface area contributed by atoms with Gasteiger partial charge in [-0.25, -0.2) is 4.98 Å². The first-order chi connectivity index (χ1) is 13.8. The topological polar surface area (TPSA) is 60.5 Å². The van der Waals surface area contributed by atoms with E-state index in [1.54, 1.807) is 6.20 Å². The van der Waals surface area contributed by atoms with E-state index in [-0.39, 0.29) is 11.9 Å². The number of piperazine rings is 1. The molecule has 0 saturated carbocycles. The second-order valence-electron chi connectivity index (χ2n) is 7.62. The van der Waals surface area contributed by atoms with Crippen molar-refractivity contribution in [3.63, 3.8) is 0 Å². The number of rotatable bonds is 5. The predicted octanol–water partition coefficient (Wildman–Crippen LogP) is 1.89. The minimum Gasteiger partial charge on any atom is -0.353 e. The molecule has 1 amide bonds. The molecule has 2 aromatic rings. The van der Waals surface area contributed by atoms with Crippen LogP contribution in [0.2, 0.25) is 0 Å². The molecule has 28 heavy (non-hydrogen) atoms. The number of piperidine rings is 1. The van der Waals surface area contributed by atoms with E-state index in [0.717, 1.165) is 64.5 Å². The standard InChI is InChI=1S/C22H29N5O/c28-22(20-7-4-10-24-21(20)27-15-11-23-12-16-27)25-19-8-13-26(14-9-19)17-18-5-2-1-3-6-18/h1-7,10,19,23H,8-9,11-17H2,(H,25,28). The quantitative estimate of drug-likeness (QED) is 0.831. The average molecular weight is 380 g/mol. The number of nitrogens with one attached hydrogen (secondary N) is 2. The number of benzene rings is 1. The summed E-state index contributed by atoms with van der Waals surface area (Å²) in [5, 5.41) is 6.60. The molecule has 2 aliphatic heterocycles. The molecule has 2 N–H and O–H groups in total. The predicted molar refractivity (Wildman–Crippen MR) is 112 cm³/mol. The van der Waals surface area contributed by atoms with Gasteiger partial charge in [0.05, 0.1) is 5.56 Å². The maximum absolute atomic E-state index is 12.9. The van der Waals surface area contributed by atoms with Crippen molar-refractivity contribution in [2.45, 2.75) is 25.4 Å². The molecule has 4 rings (SSSR count). The van der Waals surface area contributed by atoms with Crippen molar-refractivity contribution >= 4 is 11.7 Å². The number of pyridine rings is 1. The molecule has 0 unspecified atom stereocenters. The second-order valence-corrected chi connectivity index (χ2v) is 7.62. The molecular formula is C22H29N5O. The molecule has 2 saturated heterocycles. The Balaban J connectivity index is 1.32. The minimum absolute atomic E-state index is 0.00291. The van der Waals surface area contributed by atoms with Gasteiger partial charge in [0, 0.05) is 58.1 Å². The van der Waals surface area contributed by atoms with E-state index in [0.29, 0.717) is 5.56 Å². The molecule has 148 valence electrons. The van der Waals surface area contributed by atoms with Gasteiger partial charge in [-0.3, -0.25) is 9.69 Å². The number of carbonyl (C=O) groups excluding carboxylic acids is 1. The summed E-state index contributed by atoms with van der Waals surface area (Å²) in [5.41, 5.74) is 2.04. The summed E-state index contributed by atoms with van der Waals surface area (Å²) in [7, 11) is 0. The number of aromatic nitrogens is 1. The lowest BCUT2D eigenvalue weighted by Crippen LogP contribution is -2.46. The lowest BCUT2D eigenvalue weighted by Gasteiger charge is -2.33. The van der Waals surface area contributed by atoms with E-state index >= 15 is 0 Å². The summed E-state index contributed by atoms with van der Waals surface area (Å²) in [6.45, 7) is 6.63. The van der Waals surface area contributed by atoms with Crippen LogP contribution in [-0.2, 0) is 6.54 Å². The van der Waals surface area contributed by atoms with Gasteiger partial charge in [-0.2, -0.15) is 0 Å². The Bertz CT molecular complexity index is 768. The third-order valence-corrected chi connectivity index (χ3v) is 5.62. The fourth-order valence-corrected chi connectivity index (χ4v) is 4.04. The van der Waals surface area contributed by atoms with Gasteiger partial charge in [-0.15, -0.1) is 0 Å². The van der Waals surface area contributed by atoms with Crippen LogP contribution >= 0.6 is 0 Å². The van der Waals surface area contributed by atoms with Crippen molar-refractivity contribution in [1.29, 1.82) is 0 Å². The number of hydrogen-bond donors (Lipinski definition) is 2. The first kappa shape index (κ1) is 18.9. The number of carbonyl (C=O) groups is 1. The van der Waals surface area contributed by atoms with E-state index in [1.165, 1.54) is 5.56 Å². The van der Waals surface area contributed by atoms with Crippen LogP contribution in [0.3, 0.4) is 0 Å². The smallest absolute Gasteiger partial charge is 0.255 e. The monoisotopic (exact) mass is 379 g/mol. The van der Waals surface area contributed by atoms with Gasteiger partial charge in [0.15, 0.2) is 0 Å². The Kier molecular flexibility index (Phi) is 6.19. The Labute approximate surface area is 166 Å². The molecule has 3 heterocycles. The Morgan fingerprint density at radius 2 is 1.79 bits per heavy atom. The molecule has 0 radical (unpaired) electrons. The lowest BCUT2D eigenvalue weighted by atomic mass is 10.0. The first-order valence-electron chi connectivity index (χ1n) is 10.3. The van der Waals surface area contributed by atoms with E-state index in [9.17, 15) is 4.79 Å². The van der Waals surface area contributed by atoms with Crippen LogP contribution in [-0.4, -0.2) is 61.1 Å². The van der Waals surface area contributed by atoms with E-state index in [1.807, 2.05) is 12.1 Å². The number of likely N-dealkylation sites (tertiary alicyclic amines) is 1. The third kappa shape index (κ3) is 4.69. The highest BCUT2D eigenvalue weighted by Crippen LogP contribution is 2.19. The molecule has 2 fully saturated rings. The Morgan fingerprint density at radius 3 is 2.54 bits per heavy atom. The van der Waals surface area contributed by atoms with Gasteiger partial charge in [0.2, 0.25) is 0 Å². The van der Waals surface area contributed by atoms with E-state index in [2.05, 4.69) is 55.7 Å². The zero-order valence-electron chi connectivity index (χ0n) is 16.3. The van der Waals surface area contributed by atoms with Gasteiger partial charge < -0.3 is 15.5 Å². The van der Waals surface area contributed by atoms with Crippen molar-refractivity contribution in [2.75, 3.05) is 44.2 Å². The summed E-state index contributed by atoms with van der Waals surface area (Å²) in [4.78, 5) is 22.1. The highest BCUT2D eigenvalue weighted by molar-refractivity contribution is 5.99. The maximum atomic E-state index is 12.9. The van der Waals surface area contributed by atoms with Crippen LogP contribution < -0.4 is 15.5 Å². The average Bonchev–Trinajstić information content (AvgIpc) is 2.76. The van der Waals surface area contributed by atoms with Crippen LogP contribution in [0.1, 0.15) is 28.8 Å². The van der Waals surface area contributed by atoms with Crippen molar-refractivity contribution in [2.24, 2.45) is 0 Å². The Hall–Kier alpha value is -2.44. The van der Waals surface area contributed by atoms with Crippen molar-refractivity contribution in [3.05, 3.63) is 59.8 Å². The Morgan fingerprint density at radius 1 is 1.04 bits per heavy atom. The molecular weight excluding hydrogens is 350 g/mol. The summed E-state index contributed by atoms with van der Waals surface area (Å²) in [6.07, 6.45) is 3.75. The third-order valence-electron chi connectivity index (χ3n) is 5.62. The summed E-state index contributed by atoms with van der Waals surface area (Å²) >= 11 is 0. The lowest BCUT2D eigenvalue weighted by molar-refractivity contribution is 0.0909. The molecule has 0 atom stereocenters. The molecule has 0 bridgehead atoms. The maximum Gasteiger partial charge on any atom is 0.255 e. The largest absolute Gasteiger partial charge is 0.353 e. The molecule has 6 nitrogen and oxygen atoms in total. The summed E-state index contributed by atoms with van der Waals surface area (Å²) in [6, 6.07) is 14.6. The normalized spacial score (nSPS) is 18.8. The molecule has 2 aliphatic rings. The van der Waals surface area contributed by atoms with Crippen LogP contribution in [0.25, 0.3) is 0 Å². The highest BCUT2D eigenvalue weighted by Gasteiger charge is 2.24. The first-order valence-corrected chi connectivity index (χ1v) is 10.3. The van der Waals surface area contributed by atoms with Crippen LogP contribution in [0.4, 0.5) is 5.82 Å². The number of hydrogen-bond acceptors (Lipinski definition) is 5. The van der Waals surface area contributed by atoms with Gasteiger partial charge in [-0.1, -0.05) is 30.3 Å². The van der Waals surface area contributed by atoms with Crippen molar-refractivity contribution in [3.8, 4) is 0 Å². The van der Waals surface area contributed by atoms with Crippen LogP contribution in [0.15, 0.2) is 48.7 Å². The zero-order chi connectivity index (χ0) is 19.2. The number of anilines is 1. The van der Waals surface area contributed by atoms with Crippen LogP contribution in [0, 0.1) is 0 Å². The molecule has 6 heteroatoms. The second kappa shape index (κ2) is 9.17. The SMILES string of the molecule is O=C(NC1CCN(Cc2ccccc2)CC1)c1cccnc1N1CCNCC1. The fraction of sp³-hybridized carbons (Fsp3) is 0.455. The van der Waals surface area contributed by atoms with E-state index in [4.69, 9.17) is 0 Å². The highest BCUT2D eigenvalue weighted by atomic mass is 16.1. The minimum atomic E-state index is 0.00291. The summed E-state index contributed by atoms with van der Waals surface area (Å²) < 4.78 is 0. The van der Waals surface area contributed by atoms with Gasteiger partial charge in [0.1, 0.15) is 5.82 Å². The number of amides is 1. The fourth-order valence-electron chi connectivity index (χ4n) is 4.04.